The van der Waals surface area contributed by atoms with Crippen LogP contribution in [-0.2, 0) is 11.2 Å². The summed E-state index contributed by atoms with van der Waals surface area (Å²) in [5, 5.41) is 11.7. The van der Waals surface area contributed by atoms with Crippen LogP contribution >= 0.6 is 35.0 Å². The van der Waals surface area contributed by atoms with E-state index in [1.54, 1.807) is 11.8 Å². The molecule has 1 N–H and O–H groups in total. The number of aliphatic hydroxyl groups is 1. The van der Waals surface area contributed by atoms with E-state index in [4.69, 9.17) is 32.7 Å². The summed E-state index contributed by atoms with van der Waals surface area (Å²) < 4.78 is 11.5. The highest BCUT2D eigenvalue weighted by atomic mass is 35.5. The van der Waals surface area contributed by atoms with Crippen molar-refractivity contribution >= 4 is 35.0 Å². The van der Waals surface area contributed by atoms with Gasteiger partial charge in [0, 0.05) is 35.7 Å². The smallest absolute Gasteiger partial charge is 0.126 e. The van der Waals surface area contributed by atoms with Crippen LogP contribution in [0.3, 0.4) is 0 Å². The van der Waals surface area contributed by atoms with Crippen LogP contribution in [0.15, 0.2) is 35.5 Å². The fourth-order valence-electron chi connectivity index (χ4n) is 2.74. The molecule has 2 unspecified atom stereocenters. The molecule has 0 bridgehead atoms. The first-order valence-corrected chi connectivity index (χ1v) is 9.95. The number of halogens is 2. The van der Waals surface area contributed by atoms with E-state index >= 15 is 0 Å². The molecule has 1 saturated heterocycles. The number of benzene rings is 1. The number of aromatic nitrogens is 1. The zero-order chi connectivity index (χ0) is 17.8. The van der Waals surface area contributed by atoms with Gasteiger partial charge in [-0.2, -0.15) is 0 Å². The van der Waals surface area contributed by atoms with Gasteiger partial charge in [0.05, 0.1) is 29.4 Å². The maximum absolute atomic E-state index is 10.8. The fraction of sp³-hybridized carbons (Fsp3) is 0.389. The van der Waals surface area contributed by atoms with Crippen LogP contribution < -0.4 is 4.74 Å². The largest absolute Gasteiger partial charge is 0.488 e. The van der Waals surface area contributed by atoms with Crippen LogP contribution in [0.4, 0.5) is 0 Å². The third-order valence-electron chi connectivity index (χ3n) is 4.11. The molecule has 0 aliphatic carbocycles. The number of ether oxygens (including phenoxy) is 2. The molecule has 2 aromatic rings. The molecule has 4 nitrogen and oxygen atoms in total. The Morgan fingerprint density at radius 3 is 2.76 bits per heavy atom. The zero-order valence-electron chi connectivity index (χ0n) is 13.7. The maximum Gasteiger partial charge on any atom is 0.126 e. The number of pyridine rings is 1. The van der Waals surface area contributed by atoms with Crippen LogP contribution in [0.1, 0.15) is 23.7 Å². The van der Waals surface area contributed by atoms with E-state index in [1.807, 2.05) is 24.5 Å². The second kappa shape index (κ2) is 8.60. The van der Waals surface area contributed by atoms with E-state index in [9.17, 15) is 5.11 Å². The molecule has 0 saturated carbocycles. The second-order valence-electron chi connectivity index (χ2n) is 5.81. The van der Waals surface area contributed by atoms with Gasteiger partial charge < -0.3 is 14.6 Å². The minimum Gasteiger partial charge on any atom is -0.488 e. The lowest BCUT2D eigenvalue weighted by Crippen LogP contribution is -2.17. The average molecular weight is 400 g/mol. The summed E-state index contributed by atoms with van der Waals surface area (Å²) in [5.74, 6) is 0.677. The maximum atomic E-state index is 10.8. The molecule has 1 aliphatic heterocycles. The lowest BCUT2D eigenvalue weighted by molar-refractivity contribution is 0.132. The molecule has 1 aromatic heterocycles. The van der Waals surface area contributed by atoms with E-state index in [0.717, 1.165) is 11.3 Å². The Kier molecular flexibility index (Phi) is 6.47. The molecular weight excluding hydrogens is 381 g/mol. The van der Waals surface area contributed by atoms with Crippen molar-refractivity contribution in [3.63, 3.8) is 0 Å². The third-order valence-corrected chi connectivity index (χ3v) is 5.49. The lowest BCUT2D eigenvalue weighted by Gasteiger charge is -2.20. The quantitative estimate of drug-likeness (QED) is 0.721. The molecule has 0 spiro atoms. The molecule has 1 aromatic carbocycles. The number of hydrogen-bond acceptors (Lipinski definition) is 5. The molecule has 3 rings (SSSR count). The summed E-state index contributed by atoms with van der Waals surface area (Å²) in [7, 11) is 0. The van der Waals surface area contributed by atoms with Crippen molar-refractivity contribution in [1.29, 1.82) is 0 Å². The van der Waals surface area contributed by atoms with E-state index in [-0.39, 0.29) is 12.5 Å². The van der Waals surface area contributed by atoms with Gasteiger partial charge in [0.25, 0.3) is 0 Å². The van der Waals surface area contributed by atoms with Gasteiger partial charge >= 0.3 is 0 Å². The molecule has 134 valence electrons. The van der Waals surface area contributed by atoms with Gasteiger partial charge in [-0.1, -0.05) is 29.3 Å². The first-order chi connectivity index (χ1) is 12.1. The average Bonchev–Trinajstić information content (AvgIpc) is 3.11. The van der Waals surface area contributed by atoms with Crippen LogP contribution in [0.25, 0.3) is 0 Å². The highest BCUT2D eigenvalue weighted by molar-refractivity contribution is 7.98. The van der Waals surface area contributed by atoms with Crippen molar-refractivity contribution in [1.82, 2.24) is 4.98 Å². The zero-order valence-corrected chi connectivity index (χ0v) is 16.1. The van der Waals surface area contributed by atoms with Gasteiger partial charge in [0.15, 0.2) is 0 Å². The minimum absolute atomic E-state index is 0.0103. The Bertz CT molecular complexity index is 718. The van der Waals surface area contributed by atoms with Crippen molar-refractivity contribution in [2.45, 2.75) is 29.9 Å². The van der Waals surface area contributed by atoms with Crippen molar-refractivity contribution < 1.29 is 14.6 Å². The Morgan fingerprint density at radius 1 is 1.36 bits per heavy atom. The van der Waals surface area contributed by atoms with Crippen LogP contribution in [0, 0.1) is 0 Å². The molecular formula is C18H19Cl2NO3S. The first-order valence-electron chi connectivity index (χ1n) is 7.96. The molecule has 1 aliphatic rings. The van der Waals surface area contributed by atoms with Crippen molar-refractivity contribution in [2.24, 2.45) is 0 Å². The van der Waals surface area contributed by atoms with Gasteiger partial charge in [-0.15, -0.1) is 11.8 Å². The highest BCUT2D eigenvalue weighted by Crippen LogP contribution is 2.35. The second-order valence-corrected chi connectivity index (χ2v) is 7.50. The predicted octanol–water partition coefficient (Wildman–Crippen LogP) is 4.55. The summed E-state index contributed by atoms with van der Waals surface area (Å²) in [6.45, 7) is 1.27. The molecule has 1 fully saturated rings. The Labute approximate surface area is 161 Å². The Hall–Kier alpha value is -0.980. The van der Waals surface area contributed by atoms with Gasteiger partial charge in [-0.3, -0.25) is 4.98 Å². The molecule has 2 heterocycles. The summed E-state index contributed by atoms with van der Waals surface area (Å²) in [6.07, 6.45) is 5.42. The third kappa shape index (κ3) is 4.60. The van der Waals surface area contributed by atoms with Gasteiger partial charge in [0.2, 0.25) is 0 Å². The van der Waals surface area contributed by atoms with E-state index in [2.05, 4.69) is 4.98 Å². The highest BCUT2D eigenvalue weighted by Gasteiger charge is 2.22. The lowest BCUT2D eigenvalue weighted by atomic mass is 10.0. The standard InChI is InChI=1S/C18H19Cl2NO3S/c1-25-12-2-3-13(18(6-12)24-11-4-5-23-10-11)17(22)7-14-15(19)8-21-9-16(14)20/h2-3,6,8-9,11,17,22H,4-5,7,10H2,1H3. The van der Waals surface area contributed by atoms with Crippen LogP contribution in [0.5, 0.6) is 5.75 Å². The number of aliphatic hydroxyl groups excluding tert-OH is 1. The molecule has 2 atom stereocenters. The normalized spacial score (nSPS) is 18.3. The van der Waals surface area contributed by atoms with Crippen LogP contribution in [-0.4, -0.2) is 35.7 Å². The van der Waals surface area contributed by atoms with E-state index in [0.29, 0.717) is 40.1 Å². The summed E-state index contributed by atoms with van der Waals surface area (Å²) in [5.41, 5.74) is 1.39. The van der Waals surface area contributed by atoms with Gasteiger partial charge in [0.1, 0.15) is 11.9 Å². The number of thioether (sulfide) groups is 1. The number of hydrogen-bond donors (Lipinski definition) is 1. The van der Waals surface area contributed by atoms with Gasteiger partial charge in [-0.05, 0) is 24.0 Å². The summed E-state index contributed by atoms with van der Waals surface area (Å²) >= 11 is 14.0. The van der Waals surface area contributed by atoms with E-state index in [1.165, 1.54) is 12.4 Å². The van der Waals surface area contributed by atoms with E-state index < -0.39 is 6.10 Å². The number of nitrogens with zero attached hydrogens (tertiary/aromatic N) is 1. The van der Waals surface area contributed by atoms with Crippen molar-refractivity contribution in [2.75, 3.05) is 19.5 Å². The monoisotopic (exact) mass is 399 g/mol. The van der Waals surface area contributed by atoms with Crippen molar-refractivity contribution in [3.05, 3.63) is 51.8 Å². The summed E-state index contributed by atoms with van der Waals surface area (Å²) in [4.78, 5) is 5.02. The molecule has 0 amide bonds. The topological polar surface area (TPSA) is 51.6 Å². The predicted molar refractivity (Wildman–Crippen MR) is 101 cm³/mol. The Balaban J connectivity index is 1.86. The fourth-order valence-corrected chi connectivity index (χ4v) is 3.69. The first kappa shape index (κ1) is 18.8. The van der Waals surface area contributed by atoms with Gasteiger partial charge in [-0.25, -0.2) is 0 Å². The summed E-state index contributed by atoms with van der Waals surface area (Å²) in [6, 6.07) is 5.82. The van der Waals surface area contributed by atoms with Crippen LogP contribution in [0.2, 0.25) is 10.0 Å². The Morgan fingerprint density at radius 2 is 2.12 bits per heavy atom. The molecule has 7 heteroatoms. The molecule has 25 heavy (non-hydrogen) atoms. The number of rotatable bonds is 6. The molecule has 0 radical (unpaired) electrons. The minimum atomic E-state index is -0.786. The van der Waals surface area contributed by atoms with Crippen molar-refractivity contribution in [3.8, 4) is 5.75 Å². The SMILES string of the molecule is CSc1ccc(C(O)Cc2c(Cl)cncc2Cl)c(OC2CCOC2)c1.